The highest BCUT2D eigenvalue weighted by atomic mass is 32.1. The SMILES string of the molecule is COc1ccc(C2(S)OCC(=O)NC2=O)cc1. The van der Waals surface area contributed by atoms with Gasteiger partial charge in [-0.3, -0.25) is 14.9 Å². The molecule has 1 aliphatic heterocycles. The number of rotatable bonds is 2. The summed E-state index contributed by atoms with van der Waals surface area (Å²) in [6.07, 6.45) is 0. The fourth-order valence-corrected chi connectivity index (χ4v) is 1.78. The van der Waals surface area contributed by atoms with Crippen molar-refractivity contribution in [3.05, 3.63) is 29.8 Å². The van der Waals surface area contributed by atoms with E-state index < -0.39 is 16.7 Å². The van der Waals surface area contributed by atoms with Crippen LogP contribution in [-0.4, -0.2) is 25.5 Å². The molecule has 1 fully saturated rings. The van der Waals surface area contributed by atoms with Crippen molar-refractivity contribution < 1.29 is 19.1 Å². The summed E-state index contributed by atoms with van der Waals surface area (Å²) in [6, 6.07) is 6.73. The van der Waals surface area contributed by atoms with Gasteiger partial charge in [-0.2, -0.15) is 0 Å². The molecule has 0 saturated carbocycles. The van der Waals surface area contributed by atoms with Crippen LogP contribution in [0.25, 0.3) is 0 Å². The molecule has 0 spiro atoms. The molecule has 0 aliphatic carbocycles. The minimum Gasteiger partial charge on any atom is -0.497 e. The number of carbonyl (C=O) groups is 2. The highest BCUT2D eigenvalue weighted by Crippen LogP contribution is 2.33. The van der Waals surface area contributed by atoms with Gasteiger partial charge in [-0.1, -0.05) is 12.1 Å². The number of carbonyl (C=O) groups excluding carboxylic acids is 2. The van der Waals surface area contributed by atoms with Crippen LogP contribution in [0.15, 0.2) is 24.3 Å². The zero-order valence-electron chi connectivity index (χ0n) is 9.10. The van der Waals surface area contributed by atoms with Crippen molar-refractivity contribution in [2.45, 2.75) is 4.93 Å². The van der Waals surface area contributed by atoms with E-state index in [1.165, 1.54) is 0 Å². The Hall–Kier alpha value is -1.53. The summed E-state index contributed by atoms with van der Waals surface area (Å²) >= 11 is 4.21. The predicted molar refractivity (Wildman–Crippen MR) is 62.8 cm³/mol. The van der Waals surface area contributed by atoms with Crippen LogP contribution in [0, 0.1) is 0 Å². The second-order valence-corrected chi connectivity index (χ2v) is 4.17. The first-order valence-corrected chi connectivity index (χ1v) is 5.36. The van der Waals surface area contributed by atoms with Crippen molar-refractivity contribution in [1.82, 2.24) is 5.32 Å². The number of nitrogens with one attached hydrogen (secondary N) is 1. The summed E-state index contributed by atoms with van der Waals surface area (Å²) in [5.41, 5.74) is 0.548. The Morgan fingerprint density at radius 1 is 1.35 bits per heavy atom. The monoisotopic (exact) mass is 253 g/mol. The van der Waals surface area contributed by atoms with Crippen molar-refractivity contribution in [1.29, 1.82) is 0 Å². The van der Waals surface area contributed by atoms with E-state index in [1.54, 1.807) is 31.4 Å². The van der Waals surface area contributed by atoms with E-state index in [-0.39, 0.29) is 6.61 Å². The van der Waals surface area contributed by atoms with Crippen LogP contribution in [0.2, 0.25) is 0 Å². The zero-order chi connectivity index (χ0) is 12.5. The number of benzene rings is 1. The Labute approximate surface area is 104 Å². The molecule has 6 heteroatoms. The van der Waals surface area contributed by atoms with Crippen LogP contribution in [0.5, 0.6) is 5.75 Å². The molecule has 1 aromatic carbocycles. The van der Waals surface area contributed by atoms with E-state index in [2.05, 4.69) is 17.9 Å². The number of hydrogen-bond donors (Lipinski definition) is 2. The van der Waals surface area contributed by atoms with Crippen LogP contribution in [0.3, 0.4) is 0 Å². The summed E-state index contributed by atoms with van der Waals surface area (Å²) in [5, 5.41) is 2.19. The van der Waals surface area contributed by atoms with Gasteiger partial charge in [0.2, 0.25) is 4.93 Å². The fourth-order valence-electron chi connectivity index (χ4n) is 1.51. The average Bonchev–Trinajstić information content (AvgIpc) is 2.34. The maximum absolute atomic E-state index is 11.7. The third kappa shape index (κ3) is 2.13. The van der Waals surface area contributed by atoms with Gasteiger partial charge in [-0.05, 0) is 12.1 Å². The van der Waals surface area contributed by atoms with Gasteiger partial charge in [0.15, 0.2) is 0 Å². The molecule has 5 nitrogen and oxygen atoms in total. The molecule has 1 atom stereocenters. The van der Waals surface area contributed by atoms with E-state index in [0.29, 0.717) is 11.3 Å². The fraction of sp³-hybridized carbons (Fsp3) is 0.273. The number of morpholine rings is 1. The van der Waals surface area contributed by atoms with Gasteiger partial charge in [0.05, 0.1) is 7.11 Å². The molecule has 2 amide bonds. The van der Waals surface area contributed by atoms with Gasteiger partial charge in [-0.25, -0.2) is 0 Å². The number of methoxy groups -OCH3 is 1. The summed E-state index contributed by atoms with van der Waals surface area (Å²) < 4.78 is 10.2. The predicted octanol–water partition coefficient (Wildman–Crippen LogP) is 0.451. The van der Waals surface area contributed by atoms with Gasteiger partial charge < -0.3 is 9.47 Å². The summed E-state index contributed by atoms with van der Waals surface area (Å²) in [7, 11) is 1.55. The molecule has 0 bridgehead atoms. The third-order valence-electron chi connectivity index (χ3n) is 2.45. The number of amides is 2. The molecule has 17 heavy (non-hydrogen) atoms. The molecule has 1 N–H and O–H groups in total. The number of thiol groups is 1. The van der Waals surface area contributed by atoms with Crippen molar-refractivity contribution >= 4 is 24.4 Å². The van der Waals surface area contributed by atoms with Crippen molar-refractivity contribution in [3.8, 4) is 5.75 Å². The Morgan fingerprint density at radius 3 is 2.53 bits per heavy atom. The van der Waals surface area contributed by atoms with E-state index in [4.69, 9.17) is 9.47 Å². The van der Waals surface area contributed by atoms with Gasteiger partial charge in [0, 0.05) is 5.56 Å². The molecular formula is C11H11NO4S. The van der Waals surface area contributed by atoms with Crippen LogP contribution >= 0.6 is 12.6 Å². The van der Waals surface area contributed by atoms with Crippen LogP contribution in [-0.2, 0) is 19.3 Å². The maximum atomic E-state index is 11.7. The smallest absolute Gasteiger partial charge is 0.274 e. The van der Waals surface area contributed by atoms with Gasteiger partial charge in [0.1, 0.15) is 12.4 Å². The Morgan fingerprint density at radius 2 is 2.00 bits per heavy atom. The first kappa shape index (κ1) is 11.9. The molecular weight excluding hydrogens is 242 g/mol. The topological polar surface area (TPSA) is 64.6 Å². The molecule has 90 valence electrons. The van der Waals surface area contributed by atoms with Crippen LogP contribution < -0.4 is 10.1 Å². The second kappa shape index (κ2) is 4.38. The molecule has 1 unspecified atom stereocenters. The molecule has 1 saturated heterocycles. The van der Waals surface area contributed by atoms with Crippen molar-refractivity contribution in [2.24, 2.45) is 0 Å². The van der Waals surface area contributed by atoms with Crippen LogP contribution in [0.4, 0.5) is 0 Å². The lowest BCUT2D eigenvalue weighted by atomic mass is 10.1. The average molecular weight is 253 g/mol. The summed E-state index contributed by atoms with van der Waals surface area (Å²) in [5.74, 6) is -0.381. The normalized spacial score (nSPS) is 24.4. The van der Waals surface area contributed by atoms with Crippen molar-refractivity contribution in [2.75, 3.05) is 13.7 Å². The Bertz CT molecular complexity index is 459. The molecule has 1 heterocycles. The molecule has 0 aromatic heterocycles. The van der Waals surface area contributed by atoms with E-state index in [0.717, 1.165) is 0 Å². The number of imide groups is 1. The maximum Gasteiger partial charge on any atom is 0.274 e. The van der Waals surface area contributed by atoms with Gasteiger partial charge in [-0.15, -0.1) is 12.6 Å². The van der Waals surface area contributed by atoms with Crippen LogP contribution in [0.1, 0.15) is 5.56 Å². The first-order valence-electron chi connectivity index (χ1n) is 4.91. The van der Waals surface area contributed by atoms with E-state index >= 15 is 0 Å². The standard InChI is InChI=1S/C11H11NO4S/c1-15-8-4-2-7(3-5-8)11(17)10(14)12-9(13)6-16-11/h2-5,17H,6H2,1H3,(H,12,13,14). The lowest BCUT2D eigenvalue weighted by Crippen LogP contribution is -2.52. The molecule has 1 aliphatic rings. The quantitative estimate of drug-likeness (QED) is 0.593. The Kier molecular flexibility index (Phi) is 3.08. The lowest BCUT2D eigenvalue weighted by Gasteiger charge is -2.31. The molecule has 2 rings (SSSR count). The highest BCUT2D eigenvalue weighted by molar-refractivity contribution is 7.82. The zero-order valence-corrected chi connectivity index (χ0v) is 9.99. The third-order valence-corrected chi connectivity index (χ3v) is 3.04. The minimum atomic E-state index is -1.43. The summed E-state index contributed by atoms with van der Waals surface area (Å²) in [4.78, 5) is 21.3. The lowest BCUT2D eigenvalue weighted by molar-refractivity contribution is -0.153. The van der Waals surface area contributed by atoms with Gasteiger partial charge >= 0.3 is 0 Å². The first-order chi connectivity index (χ1) is 8.06. The minimum absolute atomic E-state index is 0.193. The highest BCUT2D eigenvalue weighted by Gasteiger charge is 2.42. The van der Waals surface area contributed by atoms with Gasteiger partial charge in [0.25, 0.3) is 11.8 Å². The number of hydrogen-bond acceptors (Lipinski definition) is 5. The Balaban J connectivity index is 2.30. The molecule has 0 radical (unpaired) electrons. The van der Waals surface area contributed by atoms with E-state index in [1.807, 2.05) is 0 Å². The second-order valence-electron chi connectivity index (χ2n) is 3.54. The largest absolute Gasteiger partial charge is 0.497 e. The molecule has 1 aromatic rings. The van der Waals surface area contributed by atoms with E-state index in [9.17, 15) is 9.59 Å². The number of ether oxygens (including phenoxy) is 2. The van der Waals surface area contributed by atoms with Crippen molar-refractivity contribution in [3.63, 3.8) is 0 Å². The summed E-state index contributed by atoms with van der Waals surface area (Å²) in [6.45, 7) is -0.193.